The molecule has 5 heteroatoms. The first kappa shape index (κ1) is 14.8. The van der Waals surface area contributed by atoms with E-state index in [0.29, 0.717) is 5.92 Å². The average Bonchev–Trinajstić information content (AvgIpc) is 2.98. The van der Waals surface area contributed by atoms with Crippen LogP contribution in [0.4, 0.5) is 5.13 Å². The first-order valence-corrected chi connectivity index (χ1v) is 8.49. The predicted molar refractivity (Wildman–Crippen MR) is 89.4 cm³/mol. The van der Waals surface area contributed by atoms with Gasteiger partial charge in [0, 0.05) is 42.8 Å². The van der Waals surface area contributed by atoms with Gasteiger partial charge in [0.25, 0.3) is 0 Å². The molecule has 1 aliphatic rings. The zero-order valence-electron chi connectivity index (χ0n) is 12.1. The first-order chi connectivity index (χ1) is 10.2. The van der Waals surface area contributed by atoms with Crippen LogP contribution in [0.2, 0.25) is 5.02 Å². The molecule has 3 rings (SSSR count). The molecule has 1 saturated heterocycles. The van der Waals surface area contributed by atoms with Gasteiger partial charge in [-0.1, -0.05) is 29.8 Å². The number of anilines is 1. The van der Waals surface area contributed by atoms with E-state index in [1.165, 1.54) is 0 Å². The van der Waals surface area contributed by atoms with Gasteiger partial charge in [-0.3, -0.25) is 0 Å². The normalized spacial score (nSPS) is 16.1. The summed E-state index contributed by atoms with van der Waals surface area (Å²) in [5.74, 6) is 0.705. The molecule has 0 bridgehead atoms. The molecule has 21 heavy (non-hydrogen) atoms. The summed E-state index contributed by atoms with van der Waals surface area (Å²) < 4.78 is 5.42. The van der Waals surface area contributed by atoms with Gasteiger partial charge in [0.15, 0.2) is 5.13 Å². The van der Waals surface area contributed by atoms with Gasteiger partial charge in [0.05, 0.1) is 5.69 Å². The molecule has 0 amide bonds. The quantitative estimate of drug-likeness (QED) is 0.838. The lowest BCUT2D eigenvalue weighted by atomic mass is 10.0. The molecule has 1 fully saturated rings. The number of benzene rings is 1. The molecule has 0 saturated carbocycles. The number of thiazole rings is 1. The Morgan fingerprint density at radius 3 is 2.86 bits per heavy atom. The molecule has 0 aliphatic carbocycles. The van der Waals surface area contributed by atoms with E-state index >= 15 is 0 Å². The second-order valence-electron chi connectivity index (χ2n) is 5.43. The maximum atomic E-state index is 6.24. The van der Waals surface area contributed by atoms with E-state index in [9.17, 15) is 0 Å². The molecular weight excluding hydrogens is 304 g/mol. The first-order valence-electron chi connectivity index (χ1n) is 7.23. The van der Waals surface area contributed by atoms with E-state index in [0.717, 1.165) is 54.0 Å². The van der Waals surface area contributed by atoms with Crippen LogP contribution in [0.5, 0.6) is 0 Å². The molecule has 112 valence electrons. The highest BCUT2D eigenvalue weighted by Crippen LogP contribution is 2.32. The van der Waals surface area contributed by atoms with Crippen LogP contribution in [0.1, 0.15) is 12.8 Å². The number of nitrogens with zero attached hydrogens (tertiary/aromatic N) is 2. The Morgan fingerprint density at radius 2 is 2.10 bits per heavy atom. The van der Waals surface area contributed by atoms with Crippen molar-refractivity contribution in [3.8, 4) is 11.3 Å². The predicted octanol–water partition coefficient (Wildman–Crippen LogP) is 4.33. The third-order valence-electron chi connectivity index (χ3n) is 3.84. The monoisotopic (exact) mass is 322 g/mol. The molecule has 1 aliphatic heterocycles. The highest BCUT2D eigenvalue weighted by Gasteiger charge is 2.18. The van der Waals surface area contributed by atoms with Crippen molar-refractivity contribution >= 4 is 28.1 Å². The zero-order valence-corrected chi connectivity index (χ0v) is 13.7. The molecule has 0 radical (unpaired) electrons. The SMILES string of the molecule is CN(CC1CCOCC1)c1nc(-c2ccccc2Cl)cs1. The Morgan fingerprint density at radius 1 is 1.33 bits per heavy atom. The summed E-state index contributed by atoms with van der Waals surface area (Å²) in [6.45, 7) is 2.82. The molecule has 2 aromatic rings. The Bertz CT molecular complexity index is 595. The van der Waals surface area contributed by atoms with Crippen LogP contribution in [0, 0.1) is 5.92 Å². The molecule has 0 atom stereocenters. The summed E-state index contributed by atoms with van der Waals surface area (Å²) >= 11 is 7.92. The van der Waals surface area contributed by atoms with Gasteiger partial charge in [-0.2, -0.15) is 0 Å². The van der Waals surface area contributed by atoms with E-state index in [-0.39, 0.29) is 0 Å². The van der Waals surface area contributed by atoms with Gasteiger partial charge in [0.2, 0.25) is 0 Å². The van der Waals surface area contributed by atoms with Gasteiger partial charge in [0.1, 0.15) is 0 Å². The fraction of sp³-hybridized carbons (Fsp3) is 0.438. The minimum atomic E-state index is 0.705. The minimum absolute atomic E-state index is 0.705. The second-order valence-corrected chi connectivity index (χ2v) is 6.68. The summed E-state index contributed by atoms with van der Waals surface area (Å²) in [5.41, 5.74) is 1.96. The highest BCUT2D eigenvalue weighted by molar-refractivity contribution is 7.14. The number of rotatable bonds is 4. The van der Waals surface area contributed by atoms with Crippen molar-refractivity contribution < 1.29 is 4.74 Å². The van der Waals surface area contributed by atoms with Gasteiger partial charge < -0.3 is 9.64 Å². The van der Waals surface area contributed by atoms with Crippen molar-refractivity contribution in [3.05, 3.63) is 34.7 Å². The van der Waals surface area contributed by atoms with Gasteiger partial charge >= 0.3 is 0 Å². The standard InChI is InChI=1S/C16H19ClN2OS/c1-19(10-12-6-8-20-9-7-12)16-18-15(11-21-16)13-4-2-3-5-14(13)17/h2-5,11-12H,6-10H2,1H3. The number of ether oxygens (including phenoxy) is 1. The highest BCUT2D eigenvalue weighted by atomic mass is 35.5. The van der Waals surface area contributed by atoms with Crippen LogP contribution in [0.25, 0.3) is 11.3 Å². The number of halogens is 1. The van der Waals surface area contributed by atoms with E-state index in [4.69, 9.17) is 21.3 Å². The van der Waals surface area contributed by atoms with Crippen molar-refractivity contribution in [2.75, 3.05) is 31.7 Å². The smallest absolute Gasteiger partial charge is 0.185 e. The summed E-state index contributed by atoms with van der Waals surface area (Å²) in [4.78, 5) is 6.99. The third-order valence-corrected chi connectivity index (χ3v) is 5.13. The molecule has 2 heterocycles. The fourth-order valence-electron chi connectivity index (χ4n) is 2.63. The Hall–Kier alpha value is -1.10. The lowest BCUT2D eigenvalue weighted by Gasteiger charge is -2.26. The van der Waals surface area contributed by atoms with Crippen molar-refractivity contribution in [2.45, 2.75) is 12.8 Å². The van der Waals surface area contributed by atoms with E-state index < -0.39 is 0 Å². The molecule has 0 spiro atoms. The summed E-state index contributed by atoms with van der Waals surface area (Å²) in [5, 5.41) is 3.88. The van der Waals surface area contributed by atoms with Crippen LogP contribution < -0.4 is 4.90 Å². The summed E-state index contributed by atoms with van der Waals surface area (Å²) in [7, 11) is 2.12. The van der Waals surface area contributed by atoms with Crippen molar-refractivity contribution in [1.29, 1.82) is 0 Å². The maximum Gasteiger partial charge on any atom is 0.185 e. The molecule has 0 unspecified atom stereocenters. The summed E-state index contributed by atoms with van der Waals surface area (Å²) in [6, 6.07) is 7.85. The van der Waals surface area contributed by atoms with E-state index in [2.05, 4.69) is 17.3 Å². The zero-order chi connectivity index (χ0) is 14.7. The number of hydrogen-bond donors (Lipinski definition) is 0. The molecule has 3 nitrogen and oxygen atoms in total. The van der Waals surface area contributed by atoms with Crippen LogP contribution in [-0.2, 0) is 4.74 Å². The summed E-state index contributed by atoms with van der Waals surface area (Å²) in [6.07, 6.45) is 2.29. The average molecular weight is 323 g/mol. The Kier molecular flexibility index (Phi) is 4.78. The molecular formula is C16H19ClN2OS. The lowest BCUT2D eigenvalue weighted by Crippen LogP contribution is -2.29. The Labute approximate surface area is 134 Å². The molecule has 1 aromatic carbocycles. The van der Waals surface area contributed by atoms with E-state index in [1.807, 2.05) is 24.3 Å². The van der Waals surface area contributed by atoms with Gasteiger partial charge in [-0.05, 0) is 24.8 Å². The fourth-order valence-corrected chi connectivity index (χ4v) is 3.66. The van der Waals surface area contributed by atoms with Gasteiger partial charge in [-0.25, -0.2) is 4.98 Å². The topological polar surface area (TPSA) is 25.4 Å². The second kappa shape index (κ2) is 6.77. The number of aromatic nitrogens is 1. The van der Waals surface area contributed by atoms with Crippen LogP contribution in [0.3, 0.4) is 0 Å². The van der Waals surface area contributed by atoms with Crippen molar-refractivity contribution in [1.82, 2.24) is 4.98 Å². The minimum Gasteiger partial charge on any atom is -0.381 e. The number of hydrogen-bond acceptors (Lipinski definition) is 4. The Balaban J connectivity index is 1.71. The van der Waals surface area contributed by atoms with E-state index in [1.54, 1.807) is 11.3 Å². The van der Waals surface area contributed by atoms with Gasteiger partial charge in [-0.15, -0.1) is 11.3 Å². The van der Waals surface area contributed by atoms with Crippen LogP contribution in [0.15, 0.2) is 29.6 Å². The largest absolute Gasteiger partial charge is 0.381 e. The van der Waals surface area contributed by atoms with Crippen LogP contribution >= 0.6 is 22.9 Å². The van der Waals surface area contributed by atoms with Crippen molar-refractivity contribution in [2.24, 2.45) is 5.92 Å². The molecule has 0 N–H and O–H groups in total. The maximum absolute atomic E-state index is 6.24. The van der Waals surface area contributed by atoms with Crippen molar-refractivity contribution in [3.63, 3.8) is 0 Å². The molecule has 1 aromatic heterocycles. The van der Waals surface area contributed by atoms with Crippen LogP contribution in [-0.4, -0.2) is 31.8 Å². The third kappa shape index (κ3) is 3.57. The lowest BCUT2D eigenvalue weighted by molar-refractivity contribution is 0.0685.